The molecule has 0 spiro atoms. The van der Waals surface area contributed by atoms with Crippen LogP contribution in [0.15, 0.2) is 24.3 Å². The minimum Gasteiger partial charge on any atom is -0.465 e. The van der Waals surface area contributed by atoms with E-state index in [1.54, 1.807) is 0 Å². The van der Waals surface area contributed by atoms with Crippen LogP contribution in [0.4, 0.5) is 0 Å². The molecule has 1 aliphatic rings. The van der Waals surface area contributed by atoms with Gasteiger partial charge in [-0.05, 0) is 77.4 Å². The van der Waals surface area contributed by atoms with Gasteiger partial charge in [0.15, 0.2) is 0 Å². The Bertz CT molecular complexity index is 595. The van der Waals surface area contributed by atoms with Crippen molar-refractivity contribution in [3.8, 4) is 0 Å². The second-order valence-corrected chi connectivity index (χ2v) is 10.5. The second kappa shape index (κ2) is 23.8. The van der Waals surface area contributed by atoms with Gasteiger partial charge in [-0.1, -0.05) is 76.7 Å². The molecule has 0 aromatic carbocycles. The standard InChI is InChI=1S/C31H55NO4/c1-3-4-5-6-7-8-9-10-11-12-13-14-15-16-18-22-30(33)35-27-29(2)28-36-31(34)23-21-26-32-24-19-17-20-25-32/h7-8,10-11,29H,3-6,9,12-28H2,1-2H3/b8-7-,11-10-. The lowest BCUT2D eigenvalue weighted by Gasteiger charge is -2.26. The van der Waals surface area contributed by atoms with Crippen molar-refractivity contribution in [1.82, 2.24) is 4.90 Å². The Morgan fingerprint density at radius 3 is 1.92 bits per heavy atom. The fourth-order valence-electron chi connectivity index (χ4n) is 4.37. The van der Waals surface area contributed by atoms with Gasteiger partial charge < -0.3 is 14.4 Å². The van der Waals surface area contributed by atoms with Crippen LogP contribution in [0, 0.1) is 5.92 Å². The van der Waals surface area contributed by atoms with E-state index >= 15 is 0 Å². The Morgan fingerprint density at radius 1 is 0.722 bits per heavy atom. The average molecular weight is 506 g/mol. The number of likely N-dealkylation sites (tertiary alicyclic amines) is 1. The molecule has 1 heterocycles. The number of unbranched alkanes of at least 4 members (excludes halogenated alkanes) is 8. The van der Waals surface area contributed by atoms with Crippen LogP contribution in [0.5, 0.6) is 0 Å². The first-order chi connectivity index (χ1) is 17.6. The Hall–Kier alpha value is -1.62. The topological polar surface area (TPSA) is 55.8 Å². The molecule has 0 aliphatic carbocycles. The van der Waals surface area contributed by atoms with Crippen LogP contribution in [0.2, 0.25) is 0 Å². The molecule has 0 saturated carbocycles. The van der Waals surface area contributed by atoms with Crippen LogP contribution < -0.4 is 0 Å². The summed E-state index contributed by atoms with van der Waals surface area (Å²) >= 11 is 0. The van der Waals surface area contributed by atoms with E-state index in [-0.39, 0.29) is 17.9 Å². The highest BCUT2D eigenvalue weighted by Crippen LogP contribution is 2.11. The van der Waals surface area contributed by atoms with Gasteiger partial charge in [-0.2, -0.15) is 0 Å². The van der Waals surface area contributed by atoms with Crippen molar-refractivity contribution in [2.75, 3.05) is 32.8 Å². The SMILES string of the molecule is CCCCC/C=C\C/C=C\CCCCCCCC(=O)OCC(C)COC(=O)CCCN1CCCCC1. The molecule has 5 heteroatoms. The van der Waals surface area contributed by atoms with Crippen LogP contribution in [0.3, 0.4) is 0 Å². The average Bonchev–Trinajstić information content (AvgIpc) is 2.89. The molecule has 1 atom stereocenters. The van der Waals surface area contributed by atoms with Gasteiger partial charge in [-0.3, -0.25) is 9.59 Å². The van der Waals surface area contributed by atoms with E-state index in [1.807, 2.05) is 6.92 Å². The highest BCUT2D eigenvalue weighted by atomic mass is 16.5. The minimum absolute atomic E-state index is 0.0320. The van der Waals surface area contributed by atoms with Crippen LogP contribution in [0.1, 0.15) is 123 Å². The number of hydrogen-bond acceptors (Lipinski definition) is 5. The van der Waals surface area contributed by atoms with Crippen LogP contribution >= 0.6 is 0 Å². The van der Waals surface area contributed by atoms with Crippen molar-refractivity contribution in [3.63, 3.8) is 0 Å². The van der Waals surface area contributed by atoms with Crippen LogP contribution in [-0.2, 0) is 19.1 Å². The molecular weight excluding hydrogens is 450 g/mol. The number of carbonyl (C=O) groups is 2. The maximum absolute atomic E-state index is 12.0. The summed E-state index contributed by atoms with van der Waals surface area (Å²) in [6, 6.07) is 0. The summed E-state index contributed by atoms with van der Waals surface area (Å²) in [7, 11) is 0. The number of ether oxygens (including phenoxy) is 2. The van der Waals surface area contributed by atoms with Crippen molar-refractivity contribution in [3.05, 3.63) is 24.3 Å². The summed E-state index contributed by atoms with van der Waals surface area (Å²) in [5, 5.41) is 0. The Morgan fingerprint density at radius 2 is 1.28 bits per heavy atom. The molecule has 0 N–H and O–H groups in total. The lowest BCUT2D eigenvalue weighted by atomic mass is 10.1. The predicted octanol–water partition coefficient (Wildman–Crippen LogP) is 7.79. The maximum Gasteiger partial charge on any atom is 0.305 e. The number of allylic oxidation sites excluding steroid dienone is 4. The number of nitrogens with zero attached hydrogens (tertiary/aromatic N) is 1. The van der Waals surface area contributed by atoms with Gasteiger partial charge in [0.05, 0.1) is 13.2 Å². The lowest BCUT2D eigenvalue weighted by Crippen LogP contribution is -2.31. The molecule has 0 bridgehead atoms. The smallest absolute Gasteiger partial charge is 0.305 e. The number of rotatable bonds is 22. The monoisotopic (exact) mass is 505 g/mol. The van der Waals surface area contributed by atoms with Crippen molar-refractivity contribution >= 4 is 11.9 Å². The zero-order valence-corrected chi connectivity index (χ0v) is 23.5. The highest BCUT2D eigenvalue weighted by Gasteiger charge is 2.13. The summed E-state index contributed by atoms with van der Waals surface area (Å²) in [6.45, 7) is 8.13. The van der Waals surface area contributed by atoms with Gasteiger partial charge in [0.25, 0.3) is 0 Å². The molecule has 1 rings (SSSR count). The Kier molecular flexibility index (Phi) is 21.4. The van der Waals surface area contributed by atoms with E-state index in [0.717, 1.165) is 51.7 Å². The van der Waals surface area contributed by atoms with Gasteiger partial charge in [-0.15, -0.1) is 0 Å². The molecule has 0 radical (unpaired) electrons. The molecule has 0 aromatic rings. The maximum atomic E-state index is 12.0. The summed E-state index contributed by atoms with van der Waals surface area (Å²) in [5.74, 6) is -0.250. The molecule has 36 heavy (non-hydrogen) atoms. The van der Waals surface area contributed by atoms with E-state index < -0.39 is 0 Å². The fourth-order valence-corrected chi connectivity index (χ4v) is 4.37. The number of hydrogen-bond donors (Lipinski definition) is 0. The minimum atomic E-state index is -0.143. The summed E-state index contributed by atoms with van der Waals surface area (Å²) in [4.78, 5) is 26.3. The zero-order valence-electron chi connectivity index (χ0n) is 23.5. The molecule has 208 valence electrons. The second-order valence-electron chi connectivity index (χ2n) is 10.5. The number of carbonyl (C=O) groups excluding carboxylic acids is 2. The zero-order chi connectivity index (χ0) is 26.1. The summed E-state index contributed by atoms with van der Waals surface area (Å²) in [5.41, 5.74) is 0. The molecule has 1 unspecified atom stereocenters. The first-order valence-electron chi connectivity index (χ1n) is 15.0. The normalized spacial score (nSPS) is 15.5. The van der Waals surface area contributed by atoms with Gasteiger partial charge in [-0.25, -0.2) is 0 Å². The quantitative estimate of drug-likeness (QED) is 0.0854. The molecule has 1 aliphatic heterocycles. The van der Waals surface area contributed by atoms with Gasteiger partial charge in [0.1, 0.15) is 0 Å². The van der Waals surface area contributed by atoms with E-state index in [1.165, 1.54) is 64.2 Å². The summed E-state index contributed by atoms with van der Waals surface area (Å²) in [6.07, 6.45) is 27.7. The highest BCUT2D eigenvalue weighted by molar-refractivity contribution is 5.69. The molecular formula is C31H55NO4. The Balaban J connectivity index is 1.87. The van der Waals surface area contributed by atoms with E-state index in [4.69, 9.17) is 9.47 Å². The van der Waals surface area contributed by atoms with E-state index in [0.29, 0.717) is 26.1 Å². The van der Waals surface area contributed by atoms with E-state index in [2.05, 4.69) is 36.1 Å². The lowest BCUT2D eigenvalue weighted by molar-refractivity contribution is -0.148. The van der Waals surface area contributed by atoms with Gasteiger partial charge >= 0.3 is 11.9 Å². The molecule has 1 saturated heterocycles. The third-order valence-corrected chi connectivity index (χ3v) is 6.69. The van der Waals surface area contributed by atoms with Crippen molar-refractivity contribution in [2.45, 2.75) is 123 Å². The van der Waals surface area contributed by atoms with Crippen molar-refractivity contribution in [2.24, 2.45) is 5.92 Å². The fraction of sp³-hybridized carbons (Fsp3) is 0.806. The van der Waals surface area contributed by atoms with Gasteiger partial charge in [0, 0.05) is 18.8 Å². The largest absolute Gasteiger partial charge is 0.465 e. The number of esters is 2. The first kappa shape index (κ1) is 32.4. The molecule has 0 amide bonds. The van der Waals surface area contributed by atoms with Crippen LogP contribution in [0.25, 0.3) is 0 Å². The van der Waals surface area contributed by atoms with Crippen molar-refractivity contribution < 1.29 is 19.1 Å². The summed E-state index contributed by atoms with van der Waals surface area (Å²) < 4.78 is 10.7. The third kappa shape index (κ3) is 20.6. The molecule has 0 aromatic heterocycles. The molecule has 5 nitrogen and oxygen atoms in total. The Labute approximate surface area is 222 Å². The van der Waals surface area contributed by atoms with Crippen LogP contribution in [-0.4, -0.2) is 49.7 Å². The molecule has 1 fully saturated rings. The van der Waals surface area contributed by atoms with Gasteiger partial charge in [0.2, 0.25) is 0 Å². The van der Waals surface area contributed by atoms with E-state index in [9.17, 15) is 9.59 Å². The number of piperidine rings is 1. The predicted molar refractivity (Wildman–Crippen MR) is 150 cm³/mol. The first-order valence-corrected chi connectivity index (χ1v) is 15.0. The third-order valence-electron chi connectivity index (χ3n) is 6.69. The van der Waals surface area contributed by atoms with Crippen molar-refractivity contribution in [1.29, 1.82) is 0 Å².